The van der Waals surface area contributed by atoms with E-state index in [1.165, 1.54) is 0 Å². The molecule has 4 rings (SSSR count). The number of aromatic nitrogens is 2. The highest BCUT2D eigenvalue weighted by Gasteiger charge is 2.24. The first kappa shape index (κ1) is 18.9. The zero-order valence-corrected chi connectivity index (χ0v) is 16.0. The molecule has 3 heterocycles. The van der Waals surface area contributed by atoms with Gasteiger partial charge in [0, 0.05) is 38.4 Å². The Hall–Kier alpha value is -2.45. The van der Waals surface area contributed by atoms with Crippen LogP contribution in [-0.4, -0.2) is 71.5 Å². The minimum absolute atomic E-state index is 0.206. The van der Waals surface area contributed by atoms with Crippen molar-refractivity contribution in [1.29, 1.82) is 0 Å². The molecule has 2 fully saturated rings. The summed E-state index contributed by atoms with van der Waals surface area (Å²) in [5.41, 5.74) is 0.960. The Bertz CT molecular complexity index is 837. The van der Waals surface area contributed by atoms with Gasteiger partial charge in [-0.2, -0.15) is 0 Å². The Labute approximate surface area is 164 Å². The van der Waals surface area contributed by atoms with Crippen molar-refractivity contribution in [2.24, 2.45) is 0 Å². The van der Waals surface area contributed by atoms with Crippen LogP contribution in [0.25, 0.3) is 5.52 Å². The van der Waals surface area contributed by atoms with Crippen LogP contribution in [0.2, 0.25) is 0 Å². The third-order valence-corrected chi connectivity index (χ3v) is 5.47. The number of amides is 2. The summed E-state index contributed by atoms with van der Waals surface area (Å²) >= 11 is 0. The number of morpholine rings is 1. The lowest BCUT2D eigenvalue weighted by atomic mass is 10.2. The maximum Gasteiger partial charge on any atom is 0.287 e. The standard InChI is InChI=1S/C20H27N5O3/c26-19(22-15-5-1-2-6-15)17-16-7-3-4-9-25(16)18(23-17)20(27)21-8-10-24-11-13-28-14-12-24/h3-4,7,9,15H,1-2,5-6,8,10-14H2,(H,21,27)(H,22,26). The molecule has 2 aromatic rings. The lowest BCUT2D eigenvalue weighted by Crippen LogP contribution is -2.41. The van der Waals surface area contributed by atoms with E-state index in [1.54, 1.807) is 10.6 Å². The second kappa shape index (κ2) is 8.70. The molecule has 8 nitrogen and oxygen atoms in total. The first-order valence-electron chi connectivity index (χ1n) is 10.1. The maximum absolute atomic E-state index is 12.7. The van der Waals surface area contributed by atoms with Crippen LogP contribution in [-0.2, 0) is 4.74 Å². The van der Waals surface area contributed by atoms with E-state index in [0.717, 1.165) is 58.5 Å². The molecule has 2 amide bonds. The quantitative estimate of drug-likeness (QED) is 0.777. The molecular weight excluding hydrogens is 358 g/mol. The molecule has 8 heteroatoms. The summed E-state index contributed by atoms with van der Waals surface area (Å²) in [5.74, 6) is -0.230. The molecule has 28 heavy (non-hydrogen) atoms. The molecule has 1 saturated heterocycles. The first-order chi connectivity index (χ1) is 13.7. The summed E-state index contributed by atoms with van der Waals surface area (Å²) in [6.45, 7) is 4.54. The topological polar surface area (TPSA) is 88.0 Å². The molecule has 2 aromatic heterocycles. The molecule has 0 atom stereocenters. The molecule has 1 aliphatic heterocycles. The number of rotatable bonds is 6. The fourth-order valence-corrected chi connectivity index (χ4v) is 3.92. The Kier molecular flexibility index (Phi) is 5.87. The lowest BCUT2D eigenvalue weighted by Gasteiger charge is -2.26. The second-order valence-electron chi connectivity index (χ2n) is 7.40. The molecule has 0 unspecified atom stereocenters. The van der Waals surface area contributed by atoms with Crippen LogP contribution in [0.1, 0.15) is 46.8 Å². The van der Waals surface area contributed by atoms with E-state index >= 15 is 0 Å². The average Bonchev–Trinajstić information content (AvgIpc) is 3.36. The summed E-state index contributed by atoms with van der Waals surface area (Å²) in [5, 5.41) is 5.99. The summed E-state index contributed by atoms with van der Waals surface area (Å²) < 4.78 is 7.03. The zero-order valence-electron chi connectivity index (χ0n) is 16.0. The average molecular weight is 385 g/mol. The molecule has 1 aliphatic carbocycles. The fourth-order valence-electron chi connectivity index (χ4n) is 3.92. The van der Waals surface area contributed by atoms with Gasteiger partial charge in [-0.1, -0.05) is 18.9 Å². The van der Waals surface area contributed by atoms with Gasteiger partial charge in [0.1, 0.15) is 0 Å². The SMILES string of the molecule is O=C(NC1CCCC1)c1nc(C(=O)NCCN2CCOCC2)n2ccccc12. The smallest absolute Gasteiger partial charge is 0.287 e. The Morgan fingerprint density at radius 3 is 2.71 bits per heavy atom. The normalized spacial score (nSPS) is 18.4. The molecule has 2 N–H and O–H groups in total. The van der Waals surface area contributed by atoms with Crippen LogP contribution in [0.4, 0.5) is 0 Å². The van der Waals surface area contributed by atoms with Gasteiger partial charge in [-0.3, -0.25) is 18.9 Å². The Balaban J connectivity index is 1.45. The molecule has 0 spiro atoms. The van der Waals surface area contributed by atoms with E-state index in [4.69, 9.17) is 4.74 Å². The van der Waals surface area contributed by atoms with Gasteiger partial charge < -0.3 is 15.4 Å². The molecule has 150 valence electrons. The molecule has 0 aromatic carbocycles. The number of pyridine rings is 1. The number of carbonyl (C=O) groups excluding carboxylic acids is 2. The number of nitrogens with zero attached hydrogens (tertiary/aromatic N) is 3. The third-order valence-electron chi connectivity index (χ3n) is 5.47. The highest BCUT2D eigenvalue weighted by molar-refractivity contribution is 6.02. The van der Waals surface area contributed by atoms with Crippen LogP contribution in [0.5, 0.6) is 0 Å². The van der Waals surface area contributed by atoms with Gasteiger partial charge in [0.2, 0.25) is 5.82 Å². The van der Waals surface area contributed by atoms with Crippen molar-refractivity contribution in [3.05, 3.63) is 35.9 Å². The van der Waals surface area contributed by atoms with Crippen molar-refractivity contribution in [3.63, 3.8) is 0 Å². The van der Waals surface area contributed by atoms with Crippen LogP contribution in [0.15, 0.2) is 24.4 Å². The van der Waals surface area contributed by atoms with Gasteiger partial charge in [0.05, 0.1) is 18.7 Å². The van der Waals surface area contributed by atoms with Gasteiger partial charge in [0.15, 0.2) is 5.69 Å². The minimum atomic E-state index is -0.269. The first-order valence-corrected chi connectivity index (χ1v) is 10.1. The number of hydrogen-bond donors (Lipinski definition) is 2. The zero-order chi connectivity index (χ0) is 19.3. The predicted molar refractivity (Wildman–Crippen MR) is 105 cm³/mol. The number of hydrogen-bond acceptors (Lipinski definition) is 5. The van der Waals surface area contributed by atoms with Gasteiger partial charge in [-0.25, -0.2) is 4.98 Å². The van der Waals surface area contributed by atoms with E-state index in [0.29, 0.717) is 17.8 Å². The van der Waals surface area contributed by atoms with Crippen molar-refractivity contribution in [1.82, 2.24) is 24.9 Å². The van der Waals surface area contributed by atoms with E-state index in [9.17, 15) is 9.59 Å². The summed E-state index contributed by atoms with van der Waals surface area (Å²) in [4.78, 5) is 32.1. The highest BCUT2D eigenvalue weighted by Crippen LogP contribution is 2.19. The molecule has 0 bridgehead atoms. The van der Waals surface area contributed by atoms with Crippen molar-refractivity contribution in [3.8, 4) is 0 Å². The van der Waals surface area contributed by atoms with Crippen molar-refractivity contribution in [2.45, 2.75) is 31.7 Å². The molecule has 1 saturated carbocycles. The van der Waals surface area contributed by atoms with E-state index < -0.39 is 0 Å². The number of ether oxygens (including phenoxy) is 1. The number of fused-ring (bicyclic) bond motifs is 1. The summed E-state index contributed by atoms with van der Waals surface area (Å²) in [7, 11) is 0. The lowest BCUT2D eigenvalue weighted by molar-refractivity contribution is 0.0383. The summed E-state index contributed by atoms with van der Waals surface area (Å²) in [6, 6.07) is 5.71. The van der Waals surface area contributed by atoms with Gasteiger partial charge >= 0.3 is 0 Å². The van der Waals surface area contributed by atoms with E-state index in [2.05, 4.69) is 20.5 Å². The Morgan fingerprint density at radius 2 is 1.93 bits per heavy atom. The van der Waals surface area contributed by atoms with Crippen molar-refractivity contribution >= 4 is 17.3 Å². The monoisotopic (exact) mass is 385 g/mol. The number of nitrogens with one attached hydrogen (secondary N) is 2. The highest BCUT2D eigenvalue weighted by atomic mass is 16.5. The van der Waals surface area contributed by atoms with Gasteiger partial charge in [0.25, 0.3) is 11.8 Å². The molecular formula is C20H27N5O3. The Morgan fingerprint density at radius 1 is 1.14 bits per heavy atom. The van der Waals surface area contributed by atoms with Crippen LogP contribution >= 0.6 is 0 Å². The fraction of sp³-hybridized carbons (Fsp3) is 0.550. The predicted octanol–water partition coefficient (Wildman–Crippen LogP) is 1.07. The maximum atomic E-state index is 12.7. The van der Waals surface area contributed by atoms with Crippen LogP contribution < -0.4 is 10.6 Å². The second-order valence-corrected chi connectivity index (χ2v) is 7.40. The third kappa shape index (κ3) is 4.18. The summed E-state index contributed by atoms with van der Waals surface area (Å²) in [6.07, 6.45) is 6.07. The van der Waals surface area contributed by atoms with Crippen molar-refractivity contribution in [2.75, 3.05) is 39.4 Å². The van der Waals surface area contributed by atoms with Gasteiger partial charge in [-0.15, -0.1) is 0 Å². The van der Waals surface area contributed by atoms with E-state index in [1.807, 2.05) is 18.2 Å². The molecule has 2 aliphatic rings. The van der Waals surface area contributed by atoms with Crippen LogP contribution in [0, 0.1) is 0 Å². The minimum Gasteiger partial charge on any atom is -0.379 e. The van der Waals surface area contributed by atoms with Crippen LogP contribution in [0.3, 0.4) is 0 Å². The van der Waals surface area contributed by atoms with Gasteiger partial charge in [-0.05, 0) is 25.0 Å². The number of carbonyl (C=O) groups is 2. The number of imidazole rings is 1. The largest absolute Gasteiger partial charge is 0.379 e. The van der Waals surface area contributed by atoms with Crippen molar-refractivity contribution < 1.29 is 14.3 Å². The van der Waals surface area contributed by atoms with E-state index in [-0.39, 0.29) is 23.7 Å². The molecule has 0 radical (unpaired) electrons.